The van der Waals surface area contributed by atoms with Gasteiger partial charge in [0, 0.05) is 31.1 Å². The van der Waals surface area contributed by atoms with Gasteiger partial charge in [0.1, 0.15) is 5.25 Å². The number of nitrogens with one attached hydrogen (secondary N) is 1. The van der Waals surface area contributed by atoms with Gasteiger partial charge in [0.2, 0.25) is 5.91 Å². The number of rotatable bonds is 6. The van der Waals surface area contributed by atoms with Crippen molar-refractivity contribution < 1.29 is 13.2 Å². The van der Waals surface area contributed by atoms with Crippen molar-refractivity contribution in [3.8, 4) is 0 Å². The molecule has 0 spiro atoms. The van der Waals surface area contributed by atoms with Crippen molar-refractivity contribution in [1.82, 2.24) is 9.88 Å². The first-order valence-corrected chi connectivity index (χ1v) is 8.85. The summed E-state index contributed by atoms with van der Waals surface area (Å²) in [6.45, 7) is 2.65. The number of benzene rings is 1. The second-order valence-electron chi connectivity index (χ2n) is 5.18. The lowest BCUT2D eigenvalue weighted by atomic mass is 10.2. The van der Waals surface area contributed by atoms with Crippen LogP contribution < -0.4 is 5.32 Å². The Morgan fingerprint density at radius 1 is 1.29 bits per heavy atom. The van der Waals surface area contributed by atoms with E-state index < -0.39 is 21.0 Å². The predicted octanol–water partition coefficient (Wildman–Crippen LogP) is 1.58. The molecular formula is C15H20N2O3S. The number of hydrogen-bond acceptors (Lipinski definition) is 3. The Kier molecular flexibility index (Phi) is 4.67. The first-order valence-electron chi connectivity index (χ1n) is 6.90. The Hall–Kier alpha value is -1.82. The molecule has 0 fully saturated rings. The largest absolute Gasteiger partial charge is 0.355 e. The molecule has 1 atom stereocenters. The van der Waals surface area contributed by atoms with Crippen molar-refractivity contribution in [3.63, 3.8) is 0 Å². The molecule has 0 saturated heterocycles. The molecule has 6 heteroatoms. The van der Waals surface area contributed by atoms with Gasteiger partial charge in [-0.05, 0) is 30.9 Å². The third-order valence-electron chi connectivity index (χ3n) is 3.57. The minimum atomic E-state index is -3.33. The zero-order valence-electron chi connectivity index (χ0n) is 12.2. The van der Waals surface area contributed by atoms with E-state index >= 15 is 0 Å². The van der Waals surface area contributed by atoms with Gasteiger partial charge in [0.25, 0.3) is 0 Å². The van der Waals surface area contributed by atoms with Crippen LogP contribution in [0.2, 0.25) is 0 Å². The zero-order valence-corrected chi connectivity index (χ0v) is 13.1. The highest BCUT2D eigenvalue weighted by atomic mass is 32.2. The SMILES string of the molecule is C[C@H](C(=O)NCCCn1ccc2ccccc21)S(C)(=O)=O. The van der Waals surface area contributed by atoms with E-state index in [0.29, 0.717) is 6.54 Å². The summed E-state index contributed by atoms with van der Waals surface area (Å²) < 4.78 is 24.7. The molecule has 0 bridgehead atoms. The van der Waals surface area contributed by atoms with Gasteiger partial charge in [-0.1, -0.05) is 18.2 Å². The van der Waals surface area contributed by atoms with E-state index in [1.54, 1.807) is 0 Å². The van der Waals surface area contributed by atoms with E-state index in [9.17, 15) is 13.2 Å². The quantitative estimate of drug-likeness (QED) is 0.824. The summed E-state index contributed by atoms with van der Waals surface area (Å²) in [5.41, 5.74) is 1.16. The first-order chi connectivity index (χ1) is 9.89. The number of carbonyl (C=O) groups is 1. The lowest BCUT2D eigenvalue weighted by molar-refractivity contribution is -0.120. The van der Waals surface area contributed by atoms with Gasteiger partial charge >= 0.3 is 0 Å². The fourth-order valence-electron chi connectivity index (χ4n) is 2.13. The second-order valence-corrected chi connectivity index (χ2v) is 7.55. The maximum absolute atomic E-state index is 11.7. The standard InChI is InChI=1S/C15H20N2O3S/c1-12(21(2,19)20)15(18)16-9-5-10-17-11-8-13-6-3-4-7-14(13)17/h3-4,6-8,11-12H,5,9-10H2,1-2H3,(H,16,18)/t12-/m1/s1. The minimum absolute atomic E-state index is 0.435. The van der Waals surface area contributed by atoms with Crippen molar-refractivity contribution in [2.45, 2.75) is 25.1 Å². The van der Waals surface area contributed by atoms with Crippen LogP contribution in [-0.2, 0) is 21.2 Å². The average molecular weight is 308 g/mol. The summed E-state index contributed by atoms with van der Waals surface area (Å²) in [6, 6.07) is 10.2. The minimum Gasteiger partial charge on any atom is -0.355 e. The number of aryl methyl sites for hydroxylation is 1. The fraction of sp³-hybridized carbons (Fsp3) is 0.400. The van der Waals surface area contributed by atoms with E-state index in [4.69, 9.17) is 0 Å². The summed E-state index contributed by atoms with van der Waals surface area (Å²) in [5, 5.41) is 2.86. The summed E-state index contributed by atoms with van der Waals surface area (Å²) in [4.78, 5) is 11.7. The molecule has 114 valence electrons. The number of aromatic nitrogens is 1. The van der Waals surface area contributed by atoms with Gasteiger partial charge in [-0.3, -0.25) is 4.79 Å². The van der Waals surface area contributed by atoms with Crippen LogP contribution in [0.5, 0.6) is 0 Å². The van der Waals surface area contributed by atoms with Crippen LogP contribution in [0, 0.1) is 0 Å². The second kappa shape index (κ2) is 6.30. The van der Waals surface area contributed by atoms with E-state index in [2.05, 4.69) is 28.1 Å². The Morgan fingerprint density at radius 2 is 2.00 bits per heavy atom. The third-order valence-corrected chi connectivity index (χ3v) is 5.07. The Morgan fingerprint density at radius 3 is 2.71 bits per heavy atom. The number of nitrogens with zero attached hydrogens (tertiary/aromatic N) is 1. The molecule has 1 N–H and O–H groups in total. The molecule has 1 heterocycles. The Balaban J connectivity index is 1.84. The van der Waals surface area contributed by atoms with E-state index in [-0.39, 0.29) is 0 Å². The lowest BCUT2D eigenvalue weighted by Gasteiger charge is -2.11. The van der Waals surface area contributed by atoms with Gasteiger partial charge in [-0.25, -0.2) is 8.42 Å². The topological polar surface area (TPSA) is 68.2 Å². The molecule has 2 rings (SSSR count). The Labute approximate surface area is 124 Å². The molecule has 0 aliphatic rings. The smallest absolute Gasteiger partial charge is 0.238 e. The number of sulfone groups is 1. The molecule has 0 unspecified atom stereocenters. The van der Waals surface area contributed by atoms with Crippen molar-refractivity contribution in [2.75, 3.05) is 12.8 Å². The summed E-state index contributed by atoms with van der Waals surface area (Å²) in [5.74, 6) is -0.435. The monoisotopic (exact) mass is 308 g/mol. The van der Waals surface area contributed by atoms with Crippen LogP contribution >= 0.6 is 0 Å². The fourth-order valence-corrected chi connectivity index (χ4v) is 2.61. The number of fused-ring (bicyclic) bond motifs is 1. The molecule has 1 aromatic heterocycles. The van der Waals surface area contributed by atoms with Crippen molar-refractivity contribution in [3.05, 3.63) is 36.5 Å². The molecule has 0 aliphatic carbocycles. The number of amides is 1. The van der Waals surface area contributed by atoms with Crippen LogP contribution in [0.1, 0.15) is 13.3 Å². The predicted molar refractivity (Wildman–Crippen MR) is 83.9 cm³/mol. The molecule has 0 radical (unpaired) electrons. The van der Waals surface area contributed by atoms with E-state index in [0.717, 1.165) is 24.7 Å². The highest BCUT2D eigenvalue weighted by molar-refractivity contribution is 7.92. The zero-order chi connectivity index (χ0) is 15.5. The molecule has 1 aromatic carbocycles. The number of carbonyl (C=O) groups excluding carboxylic acids is 1. The summed E-state index contributed by atoms with van der Waals surface area (Å²) in [7, 11) is -3.33. The molecule has 2 aromatic rings. The van der Waals surface area contributed by atoms with E-state index in [1.807, 2.05) is 18.3 Å². The van der Waals surface area contributed by atoms with Crippen LogP contribution in [0.4, 0.5) is 0 Å². The van der Waals surface area contributed by atoms with Gasteiger partial charge in [-0.2, -0.15) is 0 Å². The molecule has 5 nitrogen and oxygen atoms in total. The third kappa shape index (κ3) is 3.85. The lowest BCUT2D eigenvalue weighted by Crippen LogP contribution is -2.38. The summed E-state index contributed by atoms with van der Waals surface area (Å²) >= 11 is 0. The van der Waals surface area contributed by atoms with Crippen LogP contribution in [0.15, 0.2) is 36.5 Å². The maximum Gasteiger partial charge on any atom is 0.238 e. The van der Waals surface area contributed by atoms with Crippen molar-refractivity contribution >= 4 is 26.6 Å². The maximum atomic E-state index is 11.7. The molecule has 1 amide bonds. The van der Waals surface area contributed by atoms with Gasteiger partial charge in [-0.15, -0.1) is 0 Å². The summed E-state index contributed by atoms with van der Waals surface area (Å²) in [6.07, 6.45) is 3.84. The van der Waals surface area contributed by atoms with Crippen molar-refractivity contribution in [1.29, 1.82) is 0 Å². The number of para-hydroxylation sites is 1. The first kappa shape index (κ1) is 15.6. The van der Waals surface area contributed by atoms with Gasteiger partial charge < -0.3 is 9.88 Å². The highest BCUT2D eigenvalue weighted by Crippen LogP contribution is 2.15. The molecule has 21 heavy (non-hydrogen) atoms. The van der Waals surface area contributed by atoms with Crippen LogP contribution in [-0.4, -0.2) is 36.9 Å². The highest BCUT2D eigenvalue weighted by Gasteiger charge is 2.22. The normalized spacial score (nSPS) is 13.2. The van der Waals surface area contributed by atoms with Gasteiger partial charge in [0.15, 0.2) is 9.84 Å². The van der Waals surface area contributed by atoms with Crippen molar-refractivity contribution in [2.24, 2.45) is 0 Å². The molecular weight excluding hydrogens is 288 g/mol. The number of hydrogen-bond donors (Lipinski definition) is 1. The Bertz CT molecular complexity index is 734. The molecule has 0 aliphatic heterocycles. The van der Waals surface area contributed by atoms with Crippen LogP contribution in [0.25, 0.3) is 10.9 Å². The van der Waals surface area contributed by atoms with E-state index in [1.165, 1.54) is 12.3 Å². The van der Waals surface area contributed by atoms with Crippen LogP contribution in [0.3, 0.4) is 0 Å². The molecule has 0 saturated carbocycles. The van der Waals surface area contributed by atoms with Gasteiger partial charge in [0.05, 0.1) is 0 Å². The average Bonchev–Trinajstić information content (AvgIpc) is 2.85.